The highest BCUT2D eigenvalue weighted by atomic mass is 16.5. The number of Topliss-reactive ketones (excluding diaryl/α,β-unsaturated/α-hetero) is 1. The molecule has 0 heterocycles. The van der Waals surface area contributed by atoms with Gasteiger partial charge in [-0.25, -0.2) is 0 Å². The maximum absolute atomic E-state index is 11.3. The van der Waals surface area contributed by atoms with Gasteiger partial charge in [-0.1, -0.05) is 6.92 Å². The zero-order chi connectivity index (χ0) is 11.4. The molecular weight excluding hydrogens is 194 g/mol. The van der Waals surface area contributed by atoms with Gasteiger partial charge in [0.2, 0.25) is 0 Å². The Bertz CT molecular complexity index is 399. The molecule has 4 heteroatoms. The van der Waals surface area contributed by atoms with Crippen LogP contribution in [0.5, 0.6) is 5.75 Å². The SMILES string of the molecule is CCc1c(C(C)=O)ccc(OC)c1N=O. The highest BCUT2D eigenvalue weighted by Crippen LogP contribution is 2.34. The maximum Gasteiger partial charge on any atom is 0.160 e. The van der Waals surface area contributed by atoms with Gasteiger partial charge in [-0.05, 0) is 36.2 Å². The van der Waals surface area contributed by atoms with Crippen LogP contribution in [-0.2, 0) is 6.42 Å². The molecule has 1 aromatic carbocycles. The van der Waals surface area contributed by atoms with E-state index in [0.717, 1.165) is 0 Å². The van der Waals surface area contributed by atoms with Gasteiger partial charge in [0.05, 0.1) is 7.11 Å². The molecule has 0 saturated heterocycles. The monoisotopic (exact) mass is 207 g/mol. The molecule has 0 saturated carbocycles. The Morgan fingerprint density at radius 3 is 2.53 bits per heavy atom. The van der Waals surface area contributed by atoms with Crippen molar-refractivity contribution in [3.8, 4) is 5.75 Å². The van der Waals surface area contributed by atoms with Crippen molar-refractivity contribution in [2.24, 2.45) is 5.18 Å². The lowest BCUT2D eigenvalue weighted by Gasteiger charge is -2.10. The van der Waals surface area contributed by atoms with Crippen molar-refractivity contribution in [1.29, 1.82) is 0 Å². The summed E-state index contributed by atoms with van der Waals surface area (Å²) >= 11 is 0. The molecule has 80 valence electrons. The molecule has 0 bridgehead atoms. The molecule has 0 N–H and O–H groups in total. The van der Waals surface area contributed by atoms with E-state index in [1.54, 1.807) is 12.1 Å². The van der Waals surface area contributed by atoms with Crippen molar-refractivity contribution in [2.75, 3.05) is 7.11 Å². The van der Waals surface area contributed by atoms with Gasteiger partial charge in [-0.2, -0.15) is 0 Å². The van der Waals surface area contributed by atoms with Gasteiger partial charge < -0.3 is 4.74 Å². The van der Waals surface area contributed by atoms with E-state index in [9.17, 15) is 9.70 Å². The van der Waals surface area contributed by atoms with Gasteiger partial charge >= 0.3 is 0 Å². The summed E-state index contributed by atoms with van der Waals surface area (Å²) in [6.45, 7) is 3.34. The quantitative estimate of drug-likeness (QED) is 0.563. The third-order valence-electron chi connectivity index (χ3n) is 2.29. The number of methoxy groups -OCH3 is 1. The second kappa shape index (κ2) is 4.68. The molecule has 0 spiro atoms. The van der Waals surface area contributed by atoms with Gasteiger partial charge in [-0.3, -0.25) is 4.79 Å². The Balaban J connectivity index is 3.47. The normalized spacial score (nSPS) is 9.80. The average Bonchev–Trinajstić information content (AvgIpc) is 2.26. The lowest BCUT2D eigenvalue weighted by atomic mass is 10.00. The zero-order valence-corrected chi connectivity index (χ0v) is 9.03. The van der Waals surface area contributed by atoms with Crippen LogP contribution in [0.25, 0.3) is 0 Å². The van der Waals surface area contributed by atoms with Gasteiger partial charge in [0.1, 0.15) is 5.75 Å². The third-order valence-corrected chi connectivity index (χ3v) is 2.29. The summed E-state index contributed by atoms with van der Waals surface area (Å²) in [6.07, 6.45) is 0.577. The molecule has 0 radical (unpaired) electrons. The van der Waals surface area contributed by atoms with Crippen LogP contribution in [0.4, 0.5) is 5.69 Å². The highest BCUT2D eigenvalue weighted by molar-refractivity contribution is 5.97. The number of ketones is 1. The summed E-state index contributed by atoms with van der Waals surface area (Å²) in [5, 5.41) is 2.93. The van der Waals surface area contributed by atoms with Gasteiger partial charge in [0.25, 0.3) is 0 Å². The predicted molar refractivity (Wildman–Crippen MR) is 57.8 cm³/mol. The number of carbonyl (C=O) groups is 1. The number of benzene rings is 1. The van der Waals surface area contributed by atoms with E-state index in [1.807, 2.05) is 6.92 Å². The molecule has 0 unspecified atom stereocenters. The molecular formula is C11H13NO3. The molecule has 15 heavy (non-hydrogen) atoms. The average molecular weight is 207 g/mol. The van der Waals surface area contributed by atoms with Gasteiger partial charge in [0.15, 0.2) is 11.5 Å². The minimum absolute atomic E-state index is 0.0700. The number of ether oxygens (including phenoxy) is 1. The van der Waals surface area contributed by atoms with E-state index in [1.165, 1.54) is 14.0 Å². The molecule has 0 amide bonds. The smallest absolute Gasteiger partial charge is 0.160 e. The second-order valence-corrected chi connectivity index (χ2v) is 3.14. The first-order chi connectivity index (χ1) is 7.15. The van der Waals surface area contributed by atoms with Gasteiger partial charge in [-0.15, -0.1) is 4.91 Å². The van der Waals surface area contributed by atoms with Crippen LogP contribution >= 0.6 is 0 Å². The van der Waals surface area contributed by atoms with Crippen molar-refractivity contribution >= 4 is 11.5 Å². The Morgan fingerprint density at radius 2 is 2.13 bits per heavy atom. The molecule has 4 nitrogen and oxygen atoms in total. The topological polar surface area (TPSA) is 55.7 Å². The van der Waals surface area contributed by atoms with Crippen LogP contribution in [0.1, 0.15) is 29.8 Å². The van der Waals surface area contributed by atoms with Crippen molar-refractivity contribution < 1.29 is 9.53 Å². The van der Waals surface area contributed by atoms with Gasteiger partial charge in [0, 0.05) is 5.56 Å². The molecule has 0 aromatic heterocycles. The van der Waals surface area contributed by atoms with Crippen LogP contribution in [-0.4, -0.2) is 12.9 Å². The fourth-order valence-corrected chi connectivity index (χ4v) is 1.57. The van der Waals surface area contributed by atoms with E-state index in [0.29, 0.717) is 23.3 Å². The van der Waals surface area contributed by atoms with E-state index in [-0.39, 0.29) is 11.5 Å². The summed E-state index contributed by atoms with van der Waals surface area (Å²) in [5.74, 6) is 0.339. The van der Waals surface area contributed by atoms with Crippen LogP contribution in [0, 0.1) is 4.91 Å². The van der Waals surface area contributed by atoms with Crippen molar-refractivity contribution in [3.05, 3.63) is 28.2 Å². The van der Waals surface area contributed by atoms with E-state index in [4.69, 9.17) is 4.74 Å². The Kier molecular flexibility index (Phi) is 3.55. The van der Waals surface area contributed by atoms with Crippen LogP contribution in [0.3, 0.4) is 0 Å². The lowest BCUT2D eigenvalue weighted by Crippen LogP contribution is -2.00. The first kappa shape index (κ1) is 11.4. The molecule has 0 atom stereocenters. The first-order valence-corrected chi connectivity index (χ1v) is 4.69. The summed E-state index contributed by atoms with van der Waals surface area (Å²) < 4.78 is 5.01. The summed E-state index contributed by atoms with van der Waals surface area (Å²) in [6, 6.07) is 3.25. The summed E-state index contributed by atoms with van der Waals surface area (Å²) in [5.41, 5.74) is 1.41. The van der Waals surface area contributed by atoms with E-state index < -0.39 is 0 Å². The minimum Gasteiger partial charge on any atom is -0.494 e. The number of rotatable bonds is 4. The number of nitroso groups, excluding NO2 is 1. The predicted octanol–water partition coefficient (Wildman–Crippen LogP) is 2.86. The van der Waals surface area contributed by atoms with Crippen LogP contribution in [0.15, 0.2) is 17.3 Å². The molecule has 0 fully saturated rings. The fourth-order valence-electron chi connectivity index (χ4n) is 1.57. The number of carbonyl (C=O) groups excluding carboxylic acids is 1. The molecule has 0 aliphatic heterocycles. The Labute approximate surface area is 88.2 Å². The van der Waals surface area contributed by atoms with E-state index >= 15 is 0 Å². The van der Waals surface area contributed by atoms with Crippen molar-refractivity contribution in [2.45, 2.75) is 20.3 Å². The fraction of sp³-hybridized carbons (Fsp3) is 0.364. The minimum atomic E-state index is -0.0700. The summed E-state index contributed by atoms with van der Waals surface area (Å²) in [7, 11) is 1.47. The van der Waals surface area contributed by atoms with Crippen LogP contribution in [0.2, 0.25) is 0 Å². The second-order valence-electron chi connectivity index (χ2n) is 3.14. The lowest BCUT2D eigenvalue weighted by molar-refractivity contribution is 0.101. The van der Waals surface area contributed by atoms with Crippen LogP contribution < -0.4 is 4.74 Å². The number of hydrogen-bond donors (Lipinski definition) is 0. The largest absolute Gasteiger partial charge is 0.494 e. The number of hydrogen-bond acceptors (Lipinski definition) is 4. The molecule has 0 aliphatic carbocycles. The van der Waals surface area contributed by atoms with Crippen molar-refractivity contribution in [1.82, 2.24) is 0 Å². The third kappa shape index (κ3) is 2.03. The standard InChI is InChI=1S/C11H13NO3/c1-4-8-9(7(2)13)5-6-10(15-3)11(8)12-14/h5-6H,4H2,1-3H3. The van der Waals surface area contributed by atoms with Crippen molar-refractivity contribution in [3.63, 3.8) is 0 Å². The van der Waals surface area contributed by atoms with E-state index in [2.05, 4.69) is 5.18 Å². The molecule has 0 aliphatic rings. The molecule has 1 rings (SSSR count). The highest BCUT2D eigenvalue weighted by Gasteiger charge is 2.15. The number of nitrogens with zero attached hydrogens (tertiary/aromatic N) is 1. The maximum atomic E-state index is 11.3. The molecule has 1 aromatic rings. The first-order valence-electron chi connectivity index (χ1n) is 4.69. The zero-order valence-electron chi connectivity index (χ0n) is 9.03. The Hall–Kier alpha value is -1.71. The Morgan fingerprint density at radius 1 is 1.47 bits per heavy atom. The summed E-state index contributed by atoms with van der Waals surface area (Å²) in [4.78, 5) is 22.0.